The number of hydrogen-bond donors (Lipinski definition) is 3. The summed E-state index contributed by atoms with van der Waals surface area (Å²) in [5, 5.41) is 15.1. The maximum atomic E-state index is 12.8. The lowest BCUT2D eigenvalue weighted by molar-refractivity contribution is 0.103. The van der Waals surface area contributed by atoms with Gasteiger partial charge in [-0.05, 0) is 25.5 Å². The predicted molar refractivity (Wildman–Crippen MR) is 104 cm³/mol. The number of carbonyl (C=O) groups excluding carboxylic acids is 1. The molecule has 0 spiro atoms. The van der Waals surface area contributed by atoms with Crippen molar-refractivity contribution in [1.29, 1.82) is 0 Å². The molecule has 0 amide bonds. The SMILES string of the molecule is CCC(O)CNc1c(S(C)(=O)=O)ccc(C(=O)c2c[nH]n(CC)c2=O)c1Cl. The van der Waals surface area contributed by atoms with Crippen molar-refractivity contribution in [2.75, 3.05) is 18.1 Å². The molecule has 1 heterocycles. The van der Waals surface area contributed by atoms with Crippen molar-refractivity contribution in [2.45, 2.75) is 37.8 Å². The number of ketones is 1. The number of hydrogen-bond acceptors (Lipinski definition) is 6. The van der Waals surface area contributed by atoms with E-state index in [1.54, 1.807) is 13.8 Å². The topological polar surface area (TPSA) is 121 Å². The van der Waals surface area contributed by atoms with Crippen LogP contribution in [-0.4, -0.2) is 48.0 Å². The van der Waals surface area contributed by atoms with Crippen LogP contribution < -0.4 is 10.9 Å². The maximum Gasteiger partial charge on any atom is 0.277 e. The molecule has 1 aromatic carbocycles. The van der Waals surface area contributed by atoms with Crippen molar-refractivity contribution in [3.8, 4) is 0 Å². The Kier molecular flexibility index (Phi) is 6.50. The molecule has 0 radical (unpaired) electrons. The molecule has 0 aliphatic heterocycles. The number of carbonyl (C=O) groups is 1. The number of halogens is 1. The fourth-order valence-electron chi connectivity index (χ4n) is 2.52. The van der Waals surface area contributed by atoms with Gasteiger partial charge >= 0.3 is 0 Å². The Bertz CT molecular complexity index is 1010. The Hall–Kier alpha value is -2.10. The van der Waals surface area contributed by atoms with Crippen LogP contribution in [0.25, 0.3) is 0 Å². The molecule has 0 saturated heterocycles. The molecule has 2 rings (SSSR count). The summed E-state index contributed by atoms with van der Waals surface area (Å²) in [7, 11) is -3.64. The van der Waals surface area contributed by atoms with Crippen LogP contribution in [0.1, 0.15) is 36.2 Å². The first kappa shape index (κ1) is 21.2. The Labute approximate surface area is 162 Å². The Morgan fingerprint density at radius 2 is 2.00 bits per heavy atom. The van der Waals surface area contributed by atoms with Gasteiger partial charge in [0.15, 0.2) is 9.84 Å². The number of H-pyrrole nitrogens is 1. The zero-order valence-corrected chi connectivity index (χ0v) is 16.8. The molecule has 1 aromatic heterocycles. The average Bonchev–Trinajstić information content (AvgIpc) is 2.99. The summed E-state index contributed by atoms with van der Waals surface area (Å²) >= 11 is 6.34. The first-order valence-electron chi connectivity index (χ1n) is 8.39. The molecule has 0 bridgehead atoms. The van der Waals surface area contributed by atoms with Gasteiger partial charge in [0, 0.05) is 31.1 Å². The van der Waals surface area contributed by atoms with E-state index in [0.29, 0.717) is 13.0 Å². The molecule has 2 aromatic rings. The normalized spacial score (nSPS) is 12.8. The van der Waals surface area contributed by atoms with E-state index < -0.39 is 27.3 Å². The van der Waals surface area contributed by atoms with E-state index in [2.05, 4.69) is 10.4 Å². The van der Waals surface area contributed by atoms with Gasteiger partial charge in [-0.3, -0.25) is 14.3 Å². The van der Waals surface area contributed by atoms with Gasteiger partial charge in [-0.25, -0.2) is 8.42 Å². The third-order valence-electron chi connectivity index (χ3n) is 4.13. The highest BCUT2D eigenvalue weighted by Gasteiger charge is 2.25. The van der Waals surface area contributed by atoms with Crippen molar-refractivity contribution < 1.29 is 18.3 Å². The number of aryl methyl sites for hydroxylation is 1. The Morgan fingerprint density at radius 3 is 2.52 bits per heavy atom. The van der Waals surface area contributed by atoms with Crippen LogP contribution in [0, 0.1) is 0 Å². The monoisotopic (exact) mass is 415 g/mol. The molecular formula is C17H22ClN3O5S. The van der Waals surface area contributed by atoms with Crippen LogP contribution in [0.4, 0.5) is 5.69 Å². The number of nitrogens with zero attached hydrogens (tertiary/aromatic N) is 1. The average molecular weight is 416 g/mol. The lowest BCUT2D eigenvalue weighted by Crippen LogP contribution is -2.22. The fraction of sp³-hybridized carbons (Fsp3) is 0.412. The van der Waals surface area contributed by atoms with E-state index in [1.165, 1.54) is 23.0 Å². The van der Waals surface area contributed by atoms with Gasteiger partial charge in [-0.1, -0.05) is 18.5 Å². The molecule has 27 heavy (non-hydrogen) atoms. The van der Waals surface area contributed by atoms with E-state index in [4.69, 9.17) is 11.6 Å². The highest BCUT2D eigenvalue weighted by molar-refractivity contribution is 7.90. The number of benzene rings is 1. The number of aromatic amines is 1. The zero-order valence-electron chi connectivity index (χ0n) is 15.2. The molecule has 8 nitrogen and oxygen atoms in total. The molecule has 0 fully saturated rings. The van der Waals surface area contributed by atoms with Crippen LogP contribution >= 0.6 is 11.6 Å². The van der Waals surface area contributed by atoms with E-state index in [1.807, 2.05) is 0 Å². The standard InChI is InChI=1S/C17H22ClN3O5S/c1-4-10(22)8-19-15-13(27(3,25)26)7-6-11(14(15)18)16(23)12-9-20-21(5-2)17(12)24/h6-7,9-10,19-20,22H,4-5,8H2,1-3H3. The second-order valence-electron chi connectivity index (χ2n) is 6.08. The summed E-state index contributed by atoms with van der Waals surface area (Å²) < 4.78 is 25.4. The number of aliphatic hydroxyl groups excluding tert-OH is 1. The molecule has 10 heteroatoms. The molecule has 3 N–H and O–H groups in total. The number of rotatable bonds is 8. The summed E-state index contributed by atoms with van der Waals surface area (Å²) in [5.74, 6) is -0.618. The summed E-state index contributed by atoms with van der Waals surface area (Å²) in [6, 6.07) is 2.55. The fourth-order valence-corrected chi connectivity index (χ4v) is 3.76. The zero-order chi connectivity index (χ0) is 20.4. The Morgan fingerprint density at radius 1 is 1.33 bits per heavy atom. The van der Waals surface area contributed by atoms with E-state index in [-0.39, 0.29) is 33.3 Å². The first-order chi connectivity index (χ1) is 12.6. The Balaban J connectivity index is 2.56. The van der Waals surface area contributed by atoms with Gasteiger partial charge in [0.2, 0.25) is 5.78 Å². The van der Waals surface area contributed by atoms with Gasteiger partial charge < -0.3 is 15.5 Å². The second-order valence-corrected chi connectivity index (χ2v) is 8.44. The smallest absolute Gasteiger partial charge is 0.277 e. The highest BCUT2D eigenvalue weighted by atomic mass is 35.5. The van der Waals surface area contributed by atoms with Gasteiger partial charge in [0.25, 0.3) is 5.56 Å². The minimum absolute atomic E-state index is 0.00286. The molecule has 148 valence electrons. The largest absolute Gasteiger partial charge is 0.391 e. The molecular weight excluding hydrogens is 394 g/mol. The lowest BCUT2D eigenvalue weighted by Gasteiger charge is -2.17. The summed E-state index contributed by atoms with van der Waals surface area (Å²) in [6.07, 6.45) is 2.06. The van der Waals surface area contributed by atoms with Crippen LogP contribution in [-0.2, 0) is 16.4 Å². The van der Waals surface area contributed by atoms with Crippen LogP contribution in [0.15, 0.2) is 28.0 Å². The van der Waals surface area contributed by atoms with E-state index in [0.717, 1.165) is 6.26 Å². The first-order valence-corrected chi connectivity index (χ1v) is 10.7. The third-order valence-corrected chi connectivity index (χ3v) is 5.67. The number of aromatic nitrogens is 2. The van der Waals surface area contributed by atoms with Gasteiger partial charge in [-0.2, -0.15) is 0 Å². The van der Waals surface area contributed by atoms with E-state index >= 15 is 0 Å². The van der Waals surface area contributed by atoms with Crippen molar-refractivity contribution >= 4 is 32.9 Å². The number of sulfone groups is 1. The van der Waals surface area contributed by atoms with Gasteiger partial charge in [-0.15, -0.1) is 0 Å². The van der Waals surface area contributed by atoms with E-state index in [9.17, 15) is 23.1 Å². The van der Waals surface area contributed by atoms with Gasteiger partial charge in [0.05, 0.1) is 21.7 Å². The second kappa shape index (κ2) is 8.28. The molecule has 1 atom stereocenters. The van der Waals surface area contributed by atoms with Crippen LogP contribution in [0.2, 0.25) is 5.02 Å². The summed E-state index contributed by atoms with van der Waals surface area (Å²) in [4.78, 5) is 24.9. The summed E-state index contributed by atoms with van der Waals surface area (Å²) in [6.45, 7) is 3.95. The molecule has 1 unspecified atom stereocenters. The van der Waals surface area contributed by atoms with Crippen LogP contribution in [0.3, 0.4) is 0 Å². The number of nitrogens with one attached hydrogen (secondary N) is 2. The number of aliphatic hydroxyl groups is 1. The van der Waals surface area contributed by atoms with Crippen molar-refractivity contribution in [2.24, 2.45) is 0 Å². The minimum Gasteiger partial charge on any atom is -0.391 e. The summed E-state index contributed by atoms with van der Waals surface area (Å²) in [5.41, 5.74) is -0.548. The lowest BCUT2D eigenvalue weighted by atomic mass is 10.1. The molecule has 0 saturated carbocycles. The molecule has 0 aliphatic carbocycles. The van der Waals surface area contributed by atoms with Crippen molar-refractivity contribution in [3.05, 3.63) is 44.8 Å². The van der Waals surface area contributed by atoms with Crippen molar-refractivity contribution in [3.63, 3.8) is 0 Å². The number of anilines is 1. The minimum atomic E-state index is -3.64. The maximum absolute atomic E-state index is 12.8. The highest BCUT2D eigenvalue weighted by Crippen LogP contribution is 2.34. The van der Waals surface area contributed by atoms with Crippen molar-refractivity contribution in [1.82, 2.24) is 9.78 Å². The van der Waals surface area contributed by atoms with Gasteiger partial charge in [0.1, 0.15) is 5.56 Å². The quantitative estimate of drug-likeness (QED) is 0.564. The predicted octanol–water partition coefficient (Wildman–Crippen LogP) is 1.67. The van der Waals surface area contributed by atoms with Crippen LogP contribution in [0.5, 0.6) is 0 Å². The molecule has 0 aliphatic rings. The third kappa shape index (κ3) is 4.42.